The number of hydrogen-bond donors (Lipinski definition) is 2. The van der Waals surface area contributed by atoms with Crippen molar-refractivity contribution in [3.05, 3.63) is 0 Å². The second kappa shape index (κ2) is 3.73. The second-order valence-corrected chi connectivity index (χ2v) is 3.84. The molecule has 2 rings (SSSR count). The standard InChI is InChI=1S/C9H17NO2/c11-9-6-10-5-8(9)7-1-3-12-4-2-7/h7-11H,1-6H2/t8-,9+/m0/s1. The molecule has 0 aromatic rings. The Labute approximate surface area is 73.1 Å². The van der Waals surface area contributed by atoms with Crippen LogP contribution in [0.15, 0.2) is 0 Å². The van der Waals surface area contributed by atoms with Crippen molar-refractivity contribution in [1.82, 2.24) is 5.32 Å². The molecule has 3 nitrogen and oxygen atoms in total. The quantitative estimate of drug-likeness (QED) is 0.583. The molecule has 3 heteroatoms. The summed E-state index contributed by atoms with van der Waals surface area (Å²) in [6, 6.07) is 0. The van der Waals surface area contributed by atoms with Crippen LogP contribution in [0.5, 0.6) is 0 Å². The lowest BCUT2D eigenvalue weighted by atomic mass is 9.84. The maximum Gasteiger partial charge on any atom is 0.0707 e. The molecule has 70 valence electrons. The summed E-state index contributed by atoms with van der Waals surface area (Å²) in [7, 11) is 0. The van der Waals surface area contributed by atoms with E-state index >= 15 is 0 Å². The fraction of sp³-hybridized carbons (Fsp3) is 1.00. The number of rotatable bonds is 1. The Morgan fingerprint density at radius 1 is 1.17 bits per heavy atom. The first-order chi connectivity index (χ1) is 5.88. The molecule has 0 radical (unpaired) electrons. The zero-order valence-corrected chi connectivity index (χ0v) is 7.33. The number of β-amino-alcohol motifs (C(OH)–C–C–N with tert-alkyl or cyclic N) is 1. The highest BCUT2D eigenvalue weighted by Crippen LogP contribution is 2.27. The highest BCUT2D eigenvalue weighted by Gasteiger charge is 2.32. The summed E-state index contributed by atoms with van der Waals surface area (Å²) < 4.78 is 5.29. The van der Waals surface area contributed by atoms with Crippen molar-refractivity contribution in [3.63, 3.8) is 0 Å². The molecule has 0 aliphatic carbocycles. The number of hydrogen-bond acceptors (Lipinski definition) is 3. The lowest BCUT2D eigenvalue weighted by Crippen LogP contribution is -2.30. The molecule has 0 spiro atoms. The molecule has 2 aliphatic heterocycles. The van der Waals surface area contributed by atoms with Gasteiger partial charge in [0.05, 0.1) is 6.10 Å². The summed E-state index contributed by atoms with van der Waals surface area (Å²) in [5, 5.41) is 12.9. The monoisotopic (exact) mass is 171 g/mol. The molecule has 0 bridgehead atoms. The minimum atomic E-state index is -0.118. The van der Waals surface area contributed by atoms with Crippen LogP contribution in [-0.4, -0.2) is 37.5 Å². The van der Waals surface area contributed by atoms with Gasteiger partial charge in [0, 0.05) is 32.2 Å². The fourth-order valence-corrected chi connectivity index (χ4v) is 2.31. The van der Waals surface area contributed by atoms with Crippen molar-refractivity contribution in [2.45, 2.75) is 18.9 Å². The van der Waals surface area contributed by atoms with Gasteiger partial charge in [-0.1, -0.05) is 0 Å². The van der Waals surface area contributed by atoms with E-state index in [1.54, 1.807) is 0 Å². The molecule has 12 heavy (non-hydrogen) atoms. The van der Waals surface area contributed by atoms with E-state index in [4.69, 9.17) is 4.74 Å². The van der Waals surface area contributed by atoms with Crippen LogP contribution in [0.2, 0.25) is 0 Å². The highest BCUT2D eigenvalue weighted by molar-refractivity contribution is 4.86. The fourth-order valence-electron chi connectivity index (χ4n) is 2.31. The van der Waals surface area contributed by atoms with Gasteiger partial charge in [-0.05, 0) is 18.8 Å². The maximum atomic E-state index is 9.64. The molecule has 0 aromatic carbocycles. The van der Waals surface area contributed by atoms with Gasteiger partial charge in [0.2, 0.25) is 0 Å². The van der Waals surface area contributed by atoms with Gasteiger partial charge in [-0.2, -0.15) is 0 Å². The molecular formula is C9H17NO2. The molecule has 2 atom stereocenters. The Hall–Kier alpha value is -0.120. The Kier molecular flexibility index (Phi) is 2.63. The molecule has 2 N–H and O–H groups in total. The van der Waals surface area contributed by atoms with Gasteiger partial charge in [0.15, 0.2) is 0 Å². The third kappa shape index (κ3) is 1.63. The smallest absolute Gasteiger partial charge is 0.0707 e. The lowest BCUT2D eigenvalue weighted by molar-refractivity contribution is 0.0224. The predicted octanol–water partition coefficient (Wildman–Crippen LogP) is -0.00670. The van der Waals surface area contributed by atoms with Gasteiger partial charge in [-0.25, -0.2) is 0 Å². The van der Waals surface area contributed by atoms with Crippen LogP contribution in [0.4, 0.5) is 0 Å². The van der Waals surface area contributed by atoms with Gasteiger partial charge in [-0.15, -0.1) is 0 Å². The molecule has 2 aliphatic rings. The first-order valence-corrected chi connectivity index (χ1v) is 4.84. The average Bonchev–Trinajstić information content (AvgIpc) is 2.53. The second-order valence-electron chi connectivity index (χ2n) is 3.84. The van der Waals surface area contributed by atoms with E-state index in [9.17, 15) is 5.11 Å². The molecule has 2 fully saturated rings. The Morgan fingerprint density at radius 3 is 2.50 bits per heavy atom. The van der Waals surface area contributed by atoms with Crippen molar-refractivity contribution in [2.24, 2.45) is 11.8 Å². The lowest BCUT2D eigenvalue weighted by Gasteiger charge is -2.28. The summed E-state index contributed by atoms with van der Waals surface area (Å²) in [4.78, 5) is 0. The van der Waals surface area contributed by atoms with E-state index < -0.39 is 0 Å². The van der Waals surface area contributed by atoms with E-state index in [2.05, 4.69) is 5.32 Å². The molecule has 0 unspecified atom stereocenters. The topological polar surface area (TPSA) is 41.5 Å². The van der Waals surface area contributed by atoms with Crippen LogP contribution in [0.1, 0.15) is 12.8 Å². The van der Waals surface area contributed by atoms with Crippen molar-refractivity contribution < 1.29 is 9.84 Å². The number of aliphatic hydroxyl groups is 1. The van der Waals surface area contributed by atoms with Crippen LogP contribution in [0.3, 0.4) is 0 Å². The third-order valence-electron chi connectivity index (χ3n) is 3.10. The summed E-state index contributed by atoms with van der Waals surface area (Å²) >= 11 is 0. The van der Waals surface area contributed by atoms with Crippen molar-refractivity contribution >= 4 is 0 Å². The minimum Gasteiger partial charge on any atom is -0.391 e. The molecule has 0 aromatic heterocycles. The maximum absolute atomic E-state index is 9.64. The van der Waals surface area contributed by atoms with Crippen molar-refractivity contribution in [3.8, 4) is 0 Å². The summed E-state index contributed by atoms with van der Waals surface area (Å²) in [6.45, 7) is 3.54. The zero-order chi connectivity index (χ0) is 8.39. The van der Waals surface area contributed by atoms with E-state index in [-0.39, 0.29) is 6.10 Å². The summed E-state index contributed by atoms with van der Waals surface area (Å²) in [5.74, 6) is 1.16. The van der Waals surface area contributed by atoms with Gasteiger partial charge < -0.3 is 15.2 Å². The summed E-state index contributed by atoms with van der Waals surface area (Å²) in [5.41, 5.74) is 0. The van der Waals surface area contributed by atoms with Crippen LogP contribution >= 0.6 is 0 Å². The molecular weight excluding hydrogens is 154 g/mol. The normalized spacial score (nSPS) is 38.8. The molecule has 2 saturated heterocycles. The molecule has 0 amide bonds. The van der Waals surface area contributed by atoms with E-state index in [0.717, 1.165) is 39.1 Å². The Balaban J connectivity index is 1.89. The zero-order valence-electron chi connectivity index (χ0n) is 7.33. The van der Waals surface area contributed by atoms with Gasteiger partial charge in [0.1, 0.15) is 0 Å². The number of aliphatic hydroxyl groups excluding tert-OH is 1. The molecule has 0 saturated carbocycles. The first-order valence-electron chi connectivity index (χ1n) is 4.84. The average molecular weight is 171 g/mol. The van der Waals surface area contributed by atoms with Crippen LogP contribution in [0.25, 0.3) is 0 Å². The van der Waals surface area contributed by atoms with Gasteiger partial charge >= 0.3 is 0 Å². The highest BCUT2D eigenvalue weighted by atomic mass is 16.5. The van der Waals surface area contributed by atoms with E-state index in [0.29, 0.717) is 11.8 Å². The van der Waals surface area contributed by atoms with Crippen LogP contribution in [-0.2, 0) is 4.74 Å². The largest absolute Gasteiger partial charge is 0.391 e. The third-order valence-corrected chi connectivity index (χ3v) is 3.10. The number of nitrogens with one attached hydrogen (secondary N) is 1. The Bertz CT molecular complexity index is 145. The summed E-state index contributed by atoms with van der Waals surface area (Å²) in [6.07, 6.45) is 2.14. The minimum absolute atomic E-state index is 0.118. The van der Waals surface area contributed by atoms with Crippen molar-refractivity contribution in [1.29, 1.82) is 0 Å². The predicted molar refractivity (Wildman–Crippen MR) is 45.9 cm³/mol. The Morgan fingerprint density at radius 2 is 1.92 bits per heavy atom. The SMILES string of the molecule is O[C@@H]1CNC[C@H]1C1CCOCC1. The first kappa shape index (κ1) is 8.48. The number of ether oxygens (including phenoxy) is 1. The van der Waals surface area contributed by atoms with Gasteiger partial charge in [0.25, 0.3) is 0 Å². The van der Waals surface area contributed by atoms with Crippen molar-refractivity contribution in [2.75, 3.05) is 26.3 Å². The van der Waals surface area contributed by atoms with Crippen LogP contribution < -0.4 is 5.32 Å². The van der Waals surface area contributed by atoms with Gasteiger partial charge in [-0.3, -0.25) is 0 Å². The van der Waals surface area contributed by atoms with E-state index in [1.807, 2.05) is 0 Å². The molecule has 2 heterocycles. The van der Waals surface area contributed by atoms with Crippen LogP contribution in [0, 0.1) is 11.8 Å². The van der Waals surface area contributed by atoms with E-state index in [1.165, 1.54) is 0 Å².